The number of hydrogen-bond acceptors (Lipinski definition) is 5. The summed E-state index contributed by atoms with van der Waals surface area (Å²) < 4.78 is 4.64. The number of aliphatic hydroxyl groups is 2. The van der Waals surface area contributed by atoms with E-state index in [0.29, 0.717) is 11.7 Å². The van der Waals surface area contributed by atoms with E-state index in [2.05, 4.69) is 11.7 Å². The fourth-order valence-corrected chi connectivity index (χ4v) is 4.30. The zero-order valence-corrected chi connectivity index (χ0v) is 17.9. The molecule has 0 bridgehead atoms. The van der Waals surface area contributed by atoms with Crippen LogP contribution in [-0.4, -0.2) is 47.0 Å². The van der Waals surface area contributed by atoms with Crippen LogP contribution in [0.5, 0.6) is 0 Å². The monoisotopic (exact) mass is 390 g/mol. The van der Waals surface area contributed by atoms with Gasteiger partial charge in [-0.25, -0.2) is 0 Å². The van der Waals surface area contributed by atoms with Crippen molar-refractivity contribution < 1.29 is 19.7 Å². The van der Waals surface area contributed by atoms with Crippen LogP contribution in [0.15, 0.2) is 0 Å². The lowest BCUT2D eigenvalue weighted by Crippen LogP contribution is -2.16. The summed E-state index contributed by atoms with van der Waals surface area (Å²) in [7, 11) is 1.44. The van der Waals surface area contributed by atoms with Gasteiger partial charge >= 0.3 is 5.97 Å². The van der Waals surface area contributed by atoms with Gasteiger partial charge in [-0.2, -0.15) is 11.8 Å². The average Bonchev–Trinajstić information content (AvgIpc) is 2.64. The Morgan fingerprint density at radius 3 is 2.23 bits per heavy atom. The van der Waals surface area contributed by atoms with E-state index in [1.54, 1.807) is 0 Å². The van der Waals surface area contributed by atoms with E-state index >= 15 is 0 Å². The van der Waals surface area contributed by atoms with Crippen molar-refractivity contribution >= 4 is 17.7 Å². The van der Waals surface area contributed by atoms with E-state index in [0.717, 1.165) is 44.3 Å². The first-order chi connectivity index (χ1) is 12.6. The van der Waals surface area contributed by atoms with E-state index in [1.165, 1.54) is 52.1 Å². The molecule has 0 aliphatic heterocycles. The summed E-state index contributed by atoms with van der Waals surface area (Å²) in [6, 6.07) is 0. The molecular formula is C21H42O4S. The third-order valence-corrected chi connectivity index (χ3v) is 6.07. The number of aliphatic hydroxyl groups excluding tert-OH is 2. The van der Waals surface area contributed by atoms with Crippen LogP contribution >= 0.6 is 11.8 Å². The van der Waals surface area contributed by atoms with Crippen molar-refractivity contribution in [2.75, 3.05) is 19.5 Å². The molecule has 0 saturated heterocycles. The lowest BCUT2D eigenvalue weighted by atomic mass is 10.0. The highest BCUT2D eigenvalue weighted by atomic mass is 32.2. The van der Waals surface area contributed by atoms with Gasteiger partial charge in [0.2, 0.25) is 0 Å². The van der Waals surface area contributed by atoms with Crippen LogP contribution < -0.4 is 0 Å². The van der Waals surface area contributed by atoms with Crippen molar-refractivity contribution in [2.24, 2.45) is 0 Å². The Kier molecular flexibility index (Phi) is 19.3. The standard InChI is InChI=1S/C21H42O4S/c1-3-4-5-10-13-19(23)18-20(26-17-16-22)14-11-8-6-7-9-12-15-21(24)25-2/h19-20,22-23H,3-18H2,1-2H3/t19-,20?/m1/s1. The van der Waals surface area contributed by atoms with E-state index in [9.17, 15) is 9.90 Å². The number of ether oxygens (including phenoxy) is 1. The zero-order valence-electron chi connectivity index (χ0n) is 17.1. The van der Waals surface area contributed by atoms with Gasteiger partial charge in [0.05, 0.1) is 19.8 Å². The van der Waals surface area contributed by atoms with Crippen molar-refractivity contribution in [3.05, 3.63) is 0 Å². The lowest BCUT2D eigenvalue weighted by Gasteiger charge is -2.20. The Morgan fingerprint density at radius 2 is 1.58 bits per heavy atom. The van der Waals surface area contributed by atoms with E-state index in [1.807, 2.05) is 11.8 Å². The second kappa shape index (κ2) is 19.5. The molecule has 0 radical (unpaired) electrons. The summed E-state index contributed by atoms with van der Waals surface area (Å²) in [5.41, 5.74) is 0. The van der Waals surface area contributed by atoms with Gasteiger partial charge < -0.3 is 14.9 Å². The smallest absolute Gasteiger partial charge is 0.305 e. The van der Waals surface area contributed by atoms with Gasteiger partial charge in [-0.3, -0.25) is 4.79 Å². The molecule has 0 spiro atoms. The van der Waals surface area contributed by atoms with Crippen LogP contribution in [0.1, 0.15) is 96.8 Å². The summed E-state index contributed by atoms with van der Waals surface area (Å²) in [5.74, 6) is 0.655. The van der Waals surface area contributed by atoms with Crippen LogP contribution in [0.2, 0.25) is 0 Å². The number of methoxy groups -OCH3 is 1. The zero-order chi connectivity index (χ0) is 19.5. The van der Waals surface area contributed by atoms with Crippen LogP contribution in [0.4, 0.5) is 0 Å². The Balaban J connectivity index is 3.77. The Labute approximate surface area is 165 Å². The van der Waals surface area contributed by atoms with Crippen LogP contribution in [0.3, 0.4) is 0 Å². The molecule has 0 aliphatic rings. The normalized spacial score (nSPS) is 13.5. The van der Waals surface area contributed by atoms with E-state index in [-0.39, 0.29) is 18.7 Å². The van der Waals surface area contributed by atoms with Crippen LogP contribution in [-0.2, 0) is 9.53 Å². The van der Waals surface area contributed by atoms with Gasteiger partial charge in [-0.15, -0.1) is 0 Å². The van der Waals surface area contributed by atoms with E-state index < -0.39 is 0 Å². The molecule has 0 saturated carbocycles. The van der Waals surface area contributed by atoms with Gasteiger partial charge in [0.25, 0.3) is 0 Å². The van der Waals surface area contributed by atoms with Crippen molar-refractivity contribution in [2.45, 2.75) is 108 Å². The third kappa shape index (κ3) is 17.2. The summed E-state index contributed by atoms with van der Waals surface area (Å²) in [6.45, 7) is 2.42. The number of esters is 1. The number of unbranched alkanes of at least 4 members (excludes halogenated alkanes) is 8. The molecule has 0 amide bonds. The van der Waals surface area contributed by atoms with Gasteiger partial charge in [0, 0.05) is 17.4 Å². The van der Waals surface area contributed by atoms with Crippen molar-refractivity contribution in [3.63, 3.8) is 0 Å². The SMILES string of the molecule is CCCCCC[C@@H](O)CC(CCCCCCCCC(=O)OC)SCCO. The minimum atomic E-state index is -0.193. The molecule has 0 fully saturated rings. The molecule has 1 unspecified atom stereocenters. The largest absolute Gasteiger partial charge is 0.469 e. The average molecular weight is 391 g/mol. The second-order valence-electron chi connectivity index (χ2n) is 7.19. The quantitative estimate of drug-likeness (QED) is 0.237. The van der Waals surface area contributed by atoms with Crippen molar-refractivity contribution in [1.82, 2.24) is 0 Å². The molecule has 2 atom stereocenters. The maximum atomic E-state index is 11.0. The Morgan fingerprint density at radius 1 is 0.962 bits per heavy atom. The minimum Gasteiger partial charge on any atom is -0.469 e. The Bertz CT molecular complexity index is 312. The number of carbonyl (C=O) groups excluding carboxylic acids is 1. The first-order valence-corrected chi connectivity index (χ1v) is 11.7. The van der Waals surface area contributed by atoms with Crippen molar-refractivity contribution in [1.29, 1.82) is 0 Å². The highest BCUT2D eigenvalue weighted by Gasteiger charge is 2.14. The molecule has 26 heavy (non-hydrogen) atoms. The molecule has 0 aliphatic carbocycles. The number of rotatable bonds is 19. The first kappa shape index (κ1) is 25.7. The molecular weight excluding hydrogens is 348 g/mol. The fourth-order valence-electron chi connectivity index (χ4n) is 3.17. The van der Waals surface area contributed by atoms with Gasteiger partial charge in [-0.05, 0) is 25.7 Å². The maximum Gasteiger partial charge on any atom is 0.305 e. The van der Waals surface area contributed by atoms with Crippen molar-refractivity contribution in [3.8, 4) is 0 Å². The Hall–Kier alpha value is -0.260. The van der Waals surface area contributed by atoms with Gasteiger partial charge in [0.1, 0.15) is 0 Å². The molecule has 2 N–H and O–H groups in total. The van der Waals surface area contributed by atoms with Gasteiger partial charge in [-0.1, -0.05) is 64.7 Å². The number of thioether (sulfide) groups is 1. The molecule has 4 nitrogen and oxygen atoms in total. The van der Waals surface area contributed by atoms with Crippen LogP contribution in [0, 0.1) is 0 Å². The predicted octanol–water partition coefficient (Wildman–Crippen LogP) is 5.10. The maximum absolute atomic E-state index is 11.0. The minimum absolute atomic E-state index is 0.109. The van der Waals surface area contributed by atoms with E-state index in [4.69, 9.17) is 5.11 Å². The molecule has 0 rings (SSSR count). The topological polar surface area (TPSA) is 66.8 Å². The summed E-state index contributed by atoms with van der Waals surface area (Å²) in [4.78, 5) is 11.0. The summed E-state index contributed by atoms with van der Waals surface area (Å²) >= 11 is 1.81. The molecule has 0 aromatic carbocycles. The molecule has 0 heterocycles. The second-order valence-corrected chi connectivity index (χ2v) is 8.60. The van der Waals surface area contributed by atoms with Gasteiger partial charge in [0.15, 0.2) is 0 Å². The summed E-state index contributed by atoms with van der Waals surface area (Å²) in [6.07, 6.45) is 14.9. The molecule has 0 aromatic rings. The molecule has 5 heteroatoms. The molecule has 0 aromatic heterocycles. The fraction of sp³-hybridized carbons (Fsp3) is 0.952. The first-order valence-electron chi connectivity index (χ1n) is 10.6. The number of hydrogen-bond donors (Lipinski definition) is 2. The lowest BCUT2D eigenvalue weighted by molar-refractivity contribution is -0.140. The summed E-state index contributed by atoms with van der Waals surface area (Å²) in [5, 5.41) is 19.8. The number of carbonyl (C=O) groups is 1. The highest BCUT2D eigenvalue weighted by Crippen LogP contribution is 2.24. The highest BCUT2D eigenvalue weighted by molar-refractivity contribution is 7.99. The molecule has 156 valence electrons. The third-order valence-electron chi connectivity index (χ3n) is 4.76. The predicted molar refractivity (Wildman–Crippen MR) is 112 cm³/mol. The van der Waals surface area contributed by atoms with Crippen LogP contribution in [0.25, 0.3) is 0 Å².